The molecule has 0 aliphatic heterocycles. The van der Waals surface area contributed by atoms with E-state index in [1.54, 1.807) is 18.2 Å². The van der Waals surface area contributed by atoms with Gasteiger partial charge in [-0.2, -0.15) is 0 Å². The first-order chi connectivity index (χ1) is 10.4. The highest BCUT2D eigenvalue weighted by molar-refractivity contribution is 6.43. The molecule has 1 amide bonds. The Morgan fingerprint density at radius 3 is 2.32 bits per heavy atom. The van der Waals surface area contributed by atoms with Gasteiger partial charge in [-0.3, -0.25) is 5.32 Å². The third-order valence-electron chi connectivity index (χ3n) is 2.58. The number of hydrogen-bond donors (Lipinski definition) is 1. The summed E-state index contributed by atoms with van der Waals surface area (Å²) >= 11 is 23.4. The Balaban J connectivity index is 2.16. The lowest BCUT2D eigenvalue weighted by Gasteiger charge is -2.11. The second-order valence-corrected chi connectivity index (χ2v) is 5.71. The van der Waals surface area contributed by atoms with Crippen molar-refractivity contribution in [3.05, 3.63) is 50.4 Å². The second-order valence-electron chi connectivity index (χ2n) is 4.06. The molecular weight excluding hydrogens is 372 g/mol. The third-order valence-corrected chi connectivity index (χ3v) is 3.83. The second kappa shape index (κ2) is 7.29. The van der Waals surface area contributed by atoms with Gasteiger partial charge in [-0.1, -0.05) is 46.4 Å². The number of nitrogens with one attached hydrogen (secondary N) is 1. The van der Waals surface area contributed by atoms with Gasteiger partial charge in [0.2, 0.25) is 0 Å². The fourth-order valence-electron chi connectivity index (χ4n) is 1.59. The number of ether oxygens (including phenoxy) is 2. The van der Waals surface area contributed by atoms with Gasteiger partial charge in [0.1, 0.15) is 5.75 Å². The molecule has 8 heteroatoms. The Morgan fingerprint density at radius 1 is 0.955 bits per heavy atom. The van der Waals surface area contributed by atoms with Gasteiger partial charge in [-0.25, -0.2) is 4.79 Å². The van der Waals surface area contributed by atoms with Crippen molar-refractivity contribution in [3.63, 3.8) is 0 Å². The first kappa shape index (κ1) is 17.0. The topological polar surface area (TPSA) is 47.6 Å². The molecule has 116 valence electrons. The van der Waals surface area contributed by atoms with Gasteiger partial charge in [0.05, 0.1) is 27.9 Å². The molecule has 0 radical (unpaired) electrons. The third kappa shape index (κ3) is 4.11. The van der Waals surface area contributed by atoms with Crippen LogP contribution >= 0.6 is 46.4 Å². The Hall–Kier alpha value is -1.33. The van der Waals surface area contributed by atoms with E-state index in [4.69, 9.17) is 55.9 Å². The maximum atomic E-state index is 11.9. The Kier molecular flexibility index (Phi) is 5.64. The van der Waals surface area contributed by atoms with E-state index < -0.39 is 6.09 Å². The molecule has 0 aliphatic carbocycles. The molecule has 0 aromatic heterocycles. The first-order valence-corrected chi connectivity index (χ1v) is 7.39. The molecule has 2 aromatic carbocycles. The number of carbonyl (C=O) groups excluding carboxylic acids is 1. The van der Waals surface area contributed by atoms with Crippen LogP contribution in [0.2, 0.25) is 20.1 Å². The molecule has 0 aliphatic rings. The molecule has 0 fully saturated rings. The molecule has 0 saturated heterocycles. The van der Waals surface area contributed by atoms with Crippen LogP contribution in [-0.2, 0) is 0 Å². The number of benzene rings is 2. The van der Waals surface area contributed by atoms with Crippen LogP contribution in [-0.4, -0.2) is 13.2 Å². The summed E-state index contributed by atoms with van der Waals surface area (Å²) in [5.41, 5.74) is 0.396. The Morgan fingerprint density at radius 2 is 1.64 bits per heavy atom. The molecule has 22 heavy (non-hydrogen) atoms. The van der Waals surface area contributed by atoms with Crippen LogP contribution in [0.5, 0.6) is 11.5 Å². The fraction of sp³-hybridized carbons (Fsp3) is 0.0714. The van der Waals surface area contributed by atoms with Crippen molar-refractivity contribution < 1.29 is 14.3 Å². The first-order valence-electron chi connectivity index (χ1n) is 5.87. The van der Waals surface area contributed by atoms with E-state index in [2.05, 4.69) is 5.32 Å². The summed E-state index contributed by atoms with van der Waals surface area (Å²) in [4.78, 5) is 11.9. The van der Waals surface area contributed by atoms with Gasteiger partial charge in [0, 0.05) is 17.2 Å². The van der Waals surface area contributed by atoms with Crippen molar-refractivity contribution in [3.8, 4) is 11.5 Å². The van der Waals surface area contributed by atoms with Gasteiger partial charge in [-0.15, -0.1) is 0 Å². The highest BCUT2D eigenvalue weighted by Crippen LogP contribution is 2.34. The molecule has 0 spiro atoms. The molecular formula is C14H9Cl4NO3. The van der Waals surface area contributed by atoms with Crippen molar-refractivity contribution in [1.82, 2.24) is 0 Å². The SMILES string of the molecule is COc1cc(Cl)ccc1NC(=O)Oc1cc(Cl)c(Cl)cc1Cl. The molecule has 0 bridgehead atoms. The number of anilines is 1. The standard InChI is InChI=1S/C14H9Cl4NO3/c1-21-13-4-7(15)2-3-11(13)19-14(20)22-12-6-9(17)8(16)5-10(12)18/h2-6H,1H3,(H,19,20). The lowest BCUT2D eigenvalue weighted by molar-refractivity contribution is 0.215. The van der Waals surface area contributed by atoms with Crippen molar-refractivity contribution in [2.24, 2.45) is 0 Å². The van der Waals surface area contributed by atoms with E-state index >= 15 is 0 Å². The number of methoxy groups -OCH3 is 1. The minimum absolute atomic E-state index is 0.0847. The number of carbonyl (C=O) groups is 1. The summed E-state index contributed by atoms with van der Waals surface area (Å²) in [7, 11) is 1.46. The van der Waals surface area contributed by atoms with Crippen molar-refractivity contribution in [2.45, 2.75) is 0 Å². The Bertz CT molecular complexity index is 721. The minimum Gasteiger partial charge on any atom is -0.495 e. The van der Waals surface area contributed by atoms with Crippen molar-refractivity contribution in [2.75, 3.05) is 12.4 Å². The number of amides is 1. The lowest BCUT2D eigenvalue weighted by Crippen LogP contribution is -2.17. The summed E-state index contributed by atoms with van der Waals surface area (Å²) in [6.07, 6.45) is -0.763. The number of rotatable bonds is 3. The van der Waals surface area contributed by atoms with Crippen LogP contribution in [0.4, 0.5) is 10.5 Å². The average molecular weight is 381 g/mol. The van der Waals surface area contributed by atoms with Crippen LogP contribution in [0.3, 0.4) is 0 Å². The minimum atomic E-state index is -0.763. The predicted molar refractivity (Wildman–Crippen MR) is 89.1 cm³/mol. The largest absolute Gasteiger partial charge is 0.495 e. The maximum absolute atomic E-state index is 11.9. The highest BCUT2D eigenvalue weighted by Gasteiger charge is 2.13. The van der Waals surface area contributed by atoms with Gasteiger partial charge < -0.3 is 9.47 Å². The zero-order valence-corrected chi connectivity index (χ0v) is 14.1. The maximum Gasteiger partial charge on any atom is 0.417 e. The fourth-order valence-corrected chi connectivity index (χ4v) is 2.32. The molecule has 1 N–H and O–H groups in total. The number of hydrogen-bond acceptors (Lipinski definition) is 3. The van der Waals surface area contributed by atoms with Crippen LogP contribution in [0.1, 0.15) is 0 Å². The van der Waals surface area contributed by atoms with Crippen LogP contribution < -0.4 is 14.8 Å². The average Bonchev–Trinajstić information content (AvgIpc) is 2.46. The van der Waals surface area contributed by atoms with E-state index in [1.807, 2.05) is 0 Å². The summed E-state index contributed by atoms with van der Waals surface area (Å²) in [6.45, 7) is 0. The van der Waals surface area contributed by atoms with Crippen LogP contribution in [0.25, 0.3) is 0 Å². The van der Waals surface area contributed by atoms with Gasteiger partial charge in [0.25, 0.3) is 0 Å². The van der Waals surface area contributed by atoms with Gasteiger partial charge in [0.15, 0.2) is 5.75 Å². The van der Waals surface area contributed by atoms with Gasteiger partial charge >= 0.3 is 6.09 Å². The molecule has 0 unspecified atom stereocenters. The smallest absolute Gasteiger partial charge is 0.417 e. The summed E-state index contributed by atoms with van der Waals surface area (Å²) in [5.74, 6) is 0.478. The van der Waals surface area contributed by atoms with E-state index in [0.717, 1.165) is 0 Å². The molecule has 4 nitrogen and oxygen atoms in total. The van der Waals surface area contributed by atoms with Crippen LogP contribution in [0, 0.1) is 0 Å². The Labute approximate surface area is 146 Å². The van der Waals surface area contributed by atoms with E-state index in [9.17, 15) is 4.79 Å². The normalized spacial score (nSPS) is 10.2. The summed E-state index contributed by atoms with van der Waals surface area (Å²) in [6, 6.07) is 7.48. The van der Waals surface area contributed by atoms with Crippen LogP contribution in [0.15, 0.2) is 30.3 Å². The molecule has 0 atom stereocenters. The molecule has 2 aromatic rings. The predicted octanol–water partition coefficient (Wildman–Crippen LogP) is 5.92. The zero-order chi connectivity index (χ0) is 16.3. The zero-order valence-electron chi connectivity index (χ0n) is 11.1. The van der Waals surface area contributed by atoms with E-state index in [0.29, 0.717) is 16.5 Å². The van der Waals surface area contributed by atoms with E-state index in [-0.39, 0.29) is 20.8 Å². The summed E-state index contributed by atoms with van der Waals surface area (Å²) in [5, 5.41) is 3.64. The molecule has 0 saturated carbocycles. The highest BCUT2D eigenvalue weighted by atomic mass is 35.5. The molecule has 2 rings (SSSR count). The lowest BCUT2D eigenvalue weighted by atomic mass is 10.3. The summed E-state index contributed by atoms with van der Waals surface area (Å²) < 4.78 is 10.2. The van der Waals surface area contributed by atoms with Crippen molar-refractivity contribution >= 4 is 58.2 Å². The van der Waals surface area contributed by atoms with Gasteiger partial charge in [-0.05, 0) is 18.2 Å². The quantitative estimate of drug-likeness (QED) is 0.672. The van der Waals surface area contributed by atoms with E-state index in [1.165, 1.54) is 19.2 Å². The molecule has 0 heterocycles. The monoisotopic (exact) mass is 379 g/mol. The van der Waals surface area contributed by atoms with Crippen molar-refractivity contribution in [1.29, 1.82) is 0 Å². The number of halogens is 4.